The minimum absolute atomic E-state index is 0.136. The third kappa shape index (κ3) is 2.60. The van der Waals surface area contributed by atoms with E-state index in [0.717, 1.165) is 25.9 Å². The number of rotatable bonds is 3. The molecular weight excluding hydrogens is 307 g/mol. The van der Waals surface area contributed by atoms with Crippen molar-refractivity contribution in [2.75, 3.05) is 13.1 Å². The number of carbonyl (C=O) groups is 1. The van der Waals surface area contributed by atoms with Gasteiger partial charge in [0.15, 0.2) is 5.82 Å². The quantitative estimate of drug-likeness (QED) is 0.910. The summed E-state index contributed by atoms with van der Waals surface area (Å²) in [7, 11) is 0. The molecule has 3 aliphatic rings. The monoisotopic (exact) mass is 328 g/mol. The second-order valence-electron chi connectivity index (χ2n) is 6.73. The van der Waals surface area contributed by atoms with Crippen LogP contribution < -0.4 is 5.32 Å². The topological polar surface area (TPSA) is 61.0 Å². The maximum Gasteiger partial charge on any atom is 0.267 e. The predicted molar refractivity (Wildman–Crippen MR) is 89.0 cm³/mol. The number of aromatic amines is 1. The Hall–Kier alpha value is -2.21. The first kappa shape index (κ1) is 15.3. The van der Waals surface area contributed by atoms with Crippen LogP contribution >= 0.6 is 0 Å². The van der Waals surface area contributed by atoms with Gasteiger partial charge in [-0.2, -0.15) is 0 Å². The lowest BCUT2D eigenvalue weighted by atomic mass is 9.79. The number of halogens is 1. The molecule has 0 unspecified atom stereocenters. The Morgan fingerprint density at radius 1 is 1.33 bits per heavy atom. The Morgan fingerprint density at radius 2 is 2.12 bits per heavy atom. The lowest BCUT2D eigenvalue weighted by Gasteiger charge is -2.49. The molecule has 0 aliphatic carbocycles. The molecule has 126 valence electrons. The van der Waals surface area contributed by atoms with Gasteiger partial charge in [-0.3, -0.25) is 14.7 Å². The molecule has 0 spiro atoms. The van der Waals surface area contributed by atoms with E-state index in [1.165, 1.54) is 12.3 Å². The molecule has 0 radical (unpaired) electrons. The van der Waals surface area contributed by atoms with Crippen LogP contribution in [0.2, 0.25) is 0 Å². The summed E-state index contributed by atoms with van der Waals surface area (Å²) in [6.07, 6.45) is 3.82. The van der Waals surface area contributed by atoms with E-state index < -0.39 is 5.82 Å². The van der Waals surface area contributed by atoms with Crippen LogP contribution in [0, 0.1) is 11.7 Å². The van der Waals surface area contributed by atoms with E-state index in [1.807, 2.05) is 0 Å². The summed E-state index contributed by atoms with van der Waals surface area (Å²) >= 11 is 0. The number of hydrogen-bond donors (Lipinski definition) is 2. The molecule has 3 saturated heterocycles. The fourth-order valence-electron chi connectivity index (χ4n) is 4.02. The first-order valence-electron chi connectivity index (χ1n) is 8.48. The third-order valence-corrected chi connectivity index (χ3v) is 5.42. The molecule has 24 heavy (non-hydrogen) atoms. The molecule has 0 aromatic carbocycles. The average molecular weight is 328 g/mol. The zero-order valence-electron chi connectivity index (χ0n) is 13.6. The van der Waals surface area contributed by atoms with Crippen LogP contribution in [0.25, 0.3) is 11.4 Å². The summed E-state index contributed by atoms with van der Waals surface area (Å²) in [5, 5.41) is 3.17. The molecule has 3 aliphatic heterocycles. The highest BCUT2D eigenvalue weighted by molar-refractivity contribution is 5.93. The molecule has 3 fully saturated rings. The molecule has 6 heteroatoms. The molecule has 2 N–H and O–H groups in total. The molecule has 2 atom stereocenters. The van der Waals surface area contributed by atoms with Crippen molar-refractivity contribution < 1.29 is 9.18 Å². The second-order valence-corrected chi connectivity index (χ2v) is 6.73. The van der Waals surface area contributed by atoms with Crippen LogP contribution in [0.4, 0.5) is 4.39 Å². The smallest absolute Gasteiger partial charge is 0.267 e. The van der Waals surface area contributed by atoms with Crippen LogP contribution in [0.1, 0.15) is 30.3 Å². The van der Waals surface area contributed by atoms with Crippen molar-refractivity contribution in [1.29, 1.82) is 0 Å². The highest BCUT2D eigenvalue weighted by atomic mass is 19.1. The van der Waals surface area contributed by atoms with Crippen LogP contribution in [-0.2, 0) is 0 Å². The van der Waals surface area contributed by atoms with Crippen LogP contribution in [0.3, 0.4) is 0 Å². The summed E-state index contributed by atoms with van der Waals surface area (Å²) in [6, 6.07) is 6.83. The second kappa shape index (κ2) is 6.02. The third-order valence-electron chi connectivity index (χ3n) is 5.42. The first-order valence-corrected chi connectivity index (χ1v) is 8.48. The zero-order chi connectivity index (χ0) is 16.7. The predicted octanol–water partition coefficient (Wildman–Crippen LogP) is 2.43. The van der Waals surface area contributed by atoms with Gasteiger partial charge in [-0.05, 0) is 63.0 Å². The van der Waals surface area contributed by atoms with E-state index in [2.05, 4.69) is 27.1 Å². The number of aromatic nitrogens is 2. The van der Waals surface area contributed by atoms with Gasteiger partial charge in [0.1, 0.15) is 11.4 Å². The van der Waals surface area contributed by atoms with Crippen molar-refractivity contribution in [2.45, 2.75) is 31.8 Å². The SMILES string of the molecule is C[C@H]1[C@H](NC(=O)c2ccc(-c3ncccc3F)[nH]2)C2CCN1CC2. The lowest BCUT2D eigenvalue weighted by Crippen LogP contribution is -2.62. The van der Waals surface area contributed by atoms with Crippen molar-refractivity contribution in [3.05, 3.63) is 42.0 Å². The standard InChI is InChI=1S/C18H21FN4O/c1-11-16(12-6-9-23(11)10-7-12)22-18(24)15-5-4-14(21-15)17-13(19)3-2-8-20-17/h2-5,8,11-12,16,21H,6-7,9-10H2,1H3,(H,22,24)/t11-,16-/m0/s1. The molecular formula is C18H21FN4O. The minimum atomic E-state index is -0.405. The summed E-state index contributed by atoms with van der Waals surface area (Å²) < 4.78 is 13.8. The number of H-pyrrole nitrogens is 1. The zero-order valence-corrected chi connectivity index (χ0v) is 13.6. The molecule has 5 heterocycles. The molecule has 0 saturated carbocycles. The van der Waals surface area contributed by atoms with Gasteiger partial charge in [0.05, 0.1) is 5.69 Å². The van der Waals surface area contributed by atoms with Gasteiger partial charge in [0.25, 0.3) is 5.91 Å². The fraction of sp³-hybridized carbons (Fsp3) is 0.444. The maximum absolute atomic E-state index is 13.8. The molecule has 2 aromatic rings. The summed E-state index contributed by atoms with van der Waals surface area (Å²) in [5.41, 5.74) is 1.19. The van der Waals surface area contributed by atoms with Gasteiger partial charge in [-0.25, -0.2) is 4.39 Å². The van der Waals surface area contributed by atoms with Gasteiger partial charge in [0, 0.05) is 18.3 Å². The van der Waals surface area contributed by atoms with Gasteiger partial charge in [0.2, 0.25) is 0 Å². The number of piperidine rings is 3. The number of fused-ring (bicyclic) bond motifs is 3. The van der Waals surface area contributed by atoms with E-state index in [4.69, 9.17) is 0 Å². The number of nitrogens with one attached hydrogen (secondary N) is 2. The normalized spacial score (nSPS) is 28.8. The number of amides is 1. The maximum atomic E-state index is 13.8. The molecule has 1 amide bonds. The number of pyridine rings is 1. The van der Waals surface area contributed by atoms with E-state index in [1.54, 1.807) is 18.2 Å². The molecule has 5 rings (SSSR count). The Morgan fingerprint density at radius 3 is 2.83 bits per heavy atom. The van der Waals surface area contributed by atoms with Gasteiger partial charge >= 0.3 is 0 Å². The van der Waals surface area contributed by atoms with E-state index in [9.17, 15) is 9.18 Å². The molecule has 5 nitrogen and oxygen atoms in total. The lowest BCUT2D eigenvalue weighted by molar-refractivity contribution is 0.0216. The highest BCUT2D eigenvalue weighted by Gasteiger charge is 2.40. The fourth-order valence-corrected chi connectivity index (χ4v) is 4.02. The van der Waals surface area contributed by atoms with Gasteiger partial charge < -0.3 is 10.3 Å². The Kier molecular flexibility index (Phi) is 3.84. The summed E-state index contributed by atoms with van der Waals surface area (Å²) in [4.78, 5) is 22.1. The largest absolute Gasteiger partial charge is 0.349 e. The van der Waals surface area contributed by atoms with Crippen molar-refractivity contribution >= 4 is 5.91 Å². The van der Waals surface area contributed by atoms with E-state index in [0.29, 0.717) is 23.3 Å². The summed E-state index contributed by atoms with van der Waals surface area (Å²) in [6.45, 7) is 4.44. The highest BCUT2D eigenvalue weighted by Crippen LogP contribution is 2.32. The first-order chi connectivity index (χ1) is 11.6. The average Bonchev–Trinajstić information content (AvgIpc) is 3.09. The number of carbonyl (C=O) groups excluding carboxylic acids is 1. The Labute approximate surface area is 140 Å². The Balaban J connectivity index is 1.51. The van der Waals surface area contributed by atoms with Crippen molar-refractivity contribution in [2.24, 2.45) is 5.92 Å². The molecule has 2 bridgehead atoms. The van der Waals surface area contributed by atoms with E-state index >= 15 is 0 Å². The number of nitrogens with zero attached hydrogens (tertiary/aromatic N) is 2. The van der Waals surface area contributed by atoms with Crippen LogP contribution in [0.5, 0.6) is 0 Å². The van der Waals surface area contributed by atoms with Crippen molar-refractivity contribution in [3.63, 3.8) is 0 Å². The minimum Gasteiger partial charge on any atom is -0.349 e. The van der Waals surface area contributed by atoms with Gasteiger partial charge in [-0.15, -0.1) is 0 Å². The Bertz CT molecular complexity index is 749. The summed E-state index contributed by atoms with van der Waals surface area (Å²) in [5.74, 6) is 0.0112. The number of hydrogen-bond acceptors (Lipinski definition) is 3. The van der Waals surface area contributed by atoms with E-state index in [-0.39, 0.29) is 17.6 Å². The van der Waals surface area contributed by atoms with Crippen LogP contribution in [-0.4, -0.2) is 45.9 Å². The van der Waals surface area contributed by atoms with Crippen molar-refractivity contribution in [1.82, 2.24) is 20.2 Å². The van der Waals surface area contributed by atoms with Crippen LogP contribution in [0.15, 0.2) is 30.5 Å². The van der Waals surface area contributed by atoms with Crippen molar-refractivity contribution in [3.8, 4) is 11.4 Å². The molecule has 2 aromatic heterocycles. The van der Waals surface area contributed by atoms with Gasteiger partial charge in [-0.1, -0.05) is 0 Å².